The minimum Gasteiger partial charge on any atom is -0.507 e. The van der Waals surface area contributed by atoms with E-state index in [4.69, 9.17) is 35.2 Å². The summed E-state index contributed by atoms with van der Waals surface area (Å²) in [6.45, 7) is 2.16. The summed E-state index contributed by atoms with van der Waals surface area (Å²) < 4.78 is 29.7. The zero-order chi connectivity index (χ0) is 54.6. The molecule has 4 aromatic rings. The highest BCUT2D eigenvalue weighted by Gasteiger charge is 2.52. The number of unbranched alkanes of at least 4 members (excludes halogenated alkanes) is 1. The quantitative estimate of drug-likeness (QED) is 0.0409. The molecule has 404 valence electrons. The molecule has 9 atom stereocenters. The largest absolute Gasteiger partial charge is 0.507 e. The topological polar surface area (TPSA) is 326 Å². The number of aliphatic hydroxyl groups excluding tert-OH is 1. The van der Waals surface area contributed by atoms with Crippen molar-refractivity contribution in [2.45, 2.75) is 120 Å². The number of methoxy groups -OCH3 is 1. The molecule has 8 rings (SSSR count). The number of rotatable bonds is 20. The second-order valence-corrected chi connectivity index (χ2v) is 19.7. The number of Topliss-reactive ketones (excluding diaryl/α,β-unsaturated/α-hetero) is 2. The third kappa shape index (κ3) is 11.4. The van der Waals surface area contributed by atoms with E-state index in [0.717, 1.165) is 5.56 Å². The van der Waals surface area contributed by atoms with E-state index in [2.05, 4.69) is 10.6 Å². The first kappa shape index (κ1) is 55.1. The van der Waals surface area contributed by atoms with Gasteiger partial charge in [0.2, 0.25) is 17.6 Å². The molecule has 0 aromatic heterocycles. The van der Waals surface area contributed by atoms with Gasteiger partial charge in [-0.15, -0.1) is 0 Å². The van der Waals surface area contributed by atoms with Crippen LogP contribution in [0.4, 0.5) is 10.5 Å². The van der Waals surface area contributed by atoms with Crippen molar-refractivity contribution in [3.8, 4) is 17.2 Å². The van der Waals surface area contributed by atoms with Crippen molar-refractivity contribution in [2.75, 3.05) is 32.3 Å². The van der Waals surface area contributed by atoms with Crippen molar-refractivity contribution in [3.05, 3.63) is 117 Å². The van der Waals surface area contributed by atoms with Crippen LogP contribution in [-0.4, -0.2) is 136 Å². The van der Waals surface area contributed by atoms with Crippen molar-refractivity contribution < 1.29 is 77.7 Å². The monoisotopic (exact) mass is 1050 g/mol. The lowest BCUT2D eigenvalue weighted by molar-refractivity contribution is -0.246. The number of ether oxygens (including phenoxy) is 5. The molecule has 2 fully saturated rings. The van der Waals surface area contributed by atoms with E-state index < -0.39 is 132 Å². The Balaban J connectivity index is 0.934. The Morgan fingerprint density at radius 3 is 2.32 bits per heavy atom. The Morgan fingerprint density at radius 2 is 1.63 bits per heavy atom. The smallest absolute Gasteiger partial charge is 0.412 e. The van der Waals surface area contributed by atoms with Gasteiger partial charge in [0.25, 0.3) is 0 Å². The normalized spacial score (nSPS) is 22.7. The zero-order valence-corrected chi connectivity index (χ0v) is 42.3. The van der Waals surface area contributed by atoms with Gasteiger partial charge in [0.05, 0.1) is 54.1 Å². The zero-order valence-electron chi connectivity index (χ0n) is 42.3. The molecule has 76 heavy (non-hydrogen) atoms. The van der Waals surface area contributed by atoms with E-state index in [1.54, 1.807) is 31.2 Å². The summed E-state index contributed by atoms with van der Waals surface area (Å²) >= 11 is 0. The number of hydrogen-bond acceptors (Lipinski definition) is 18. The molecule has 2 saturated heterocycles. The van der Waals surface area contributed by atoms with Crippen LogP contribution in [0.2, 0.25) is 0 Å². The fraction of sp³-hybridized carbons (Fsp3) is 0.436. The van der Waals surface area contributed by atoms with Crippen molar-refractivity contribution in [1.29, 1.82) is 0 Å². The number of nitrogens with one attached hydrogen (secondary N) is 2. The van der Waals surface area contributed by atoms with E-state index in [9.17, 15) is 54.0 Å². The van der Waals surface area contributed by atoms with E-state index >= 15 is 0 Å². The van der Waals surface area contributed by atoms with E-state index in [1.807, 2.05) is 30.3 Å². The number of anilines is 1. The first-order valence-corrected chi connectivity index (χ1v) is 25.2. The lowest BCUT2D eigenvalue weighted by Crippen LogP contribution is -2.52. The van der Waals surface area contributed by atoms with Crippen LogP contribution in [0.1, 0.15) is 113 Å². The SMILES string of the molecule is COc1cccc2c1C(=O)c1c(O)c3c(c(O)c1C2=O)CC(O)(C(=O)CO)CC3OC1CC2C(OCN2C(=O)OCc2ccc(NC(=O)C(CCCCN)CC(=O)C(Cc3ccccc3)NC(=O)C(C)N)cc2)C(C)O1. The number of nitrogens with two attached hydrogens (primary N) is 2. The molecule has 2 aliphatic carbocycles. The Kier molecular flexibility index (Phi) is 17.0. The molecule has 0 saturated carbocycles. The summed E-state index contributed by atoms with van der Waals surface area (Å²) in [6.07, 6.45) is -4.38. The Labute approximate surface area is 437 Å². The molecule has 4 aromatic carbocycles. The second kappa shape index (κ2) is 23.4. The second-order valence-electron chi connectivity index (χ2n) is 19.7. The number of fused-ring (bicyclic) bond motifs is 4. The minimum atomic E-state index is -2.36. The summed E-state index contributed by atoms with van der Waals surface area (Å²) in [5.74, 6) is -6.04. The van der Waals surface area contributed by atoms with Crippen molar-refractivity contribution in [1.82, 2.24) is 10.2 Å². The van der Waals surface area contributed by atoms with Gasteiger partial charge in [0.1, 0.15) is 48.9 Å². The van der Waals surface area contributed by atoms with E-state index in [1.165, 1.54) is 37.1 Å². The number of aliphatic hydroxyl groups is 2. The van der Waals surface area contributed by atoms with Crippen molar-refractivity contribution in [2.24, 2.45) is 17.4 Å². The van der Waals surface area contributed by atoms with Crippen LogP contribution in [0.5, 0.6) is 17.2 Å². The Bertz CT molecular complexity index is 2880. The molecule has 2 heterocycles. The van der Waals surface area contributed by atoms with E-state index in [0.29, 0.717) is 37.1 Å². The van der Waals surface area contributed by atoms with Gasteiger partial charge < -0.3 is 66.2 Å². The van der Waals surface area contributed by atoms with E-state index in [-0.39, 0.29) is 66.4 Å². The number of carbonyl (C=O) groups is 7. The highest BCUT2D eigenvalue weighted by molar-refractivity contribution is 6.31. The maximum Gasteiger partial charge on any atom is 0.412 e. The average molecular weight is 1050 g/mol. The number of phenolic OH excluding ortho intramolecular Hbond substituents is 2. The van der Waals surface area contributed by atoms with Gasteiger partial charge in [-0.05, 0) is 69.0 Å². The number of carbonyl (C=O) groups excluding carboxylic acids is 7. The number of phenols is 2. The molecule has 0 radical (unpaired) electrons. The highest BCUT2D eigenvalue weighted by atomic mass is 16.7. The summed E-state index contributed by atoms with van der Waals surface area (Å²) in [7, 11) is 1.31. The molecule has 3 amide bonds. The highest BCUT2D eigenvalue weighted by Crippen LogP contribution is 2.53. The molecular formula is C55H63N5O16. The lowest BCUT2D eigenvalue weighted by Gasteiger charge is -2.42. The Morgan fingerprint density at radius 1 is 0.908 bits per heavy atom. The van der Waals surface area contributed by atoms with Gasteiger partial charge in [-0.3, -0.25) is 33.7 Å². The number of amides is 3. The average Bonchev–Trinajstić information content (AvgIpc) is 3.85. The molecule has 4 aliphatic rings. The third-order valence-corrected chi connectivity index (χ3v) is 14.5. The first-order chi connectivity index (χ1) is 36.4. The maximum absolute atomic E-state index is 14.1. The fourth-order valence-corrected chi connectivity index (χ4v) is 10.5. The summed E-state index contributed by atoms with van der Waals surface area (Å²) in [5.41, 5.74) is 9.29. The van der Waals surface area contributed by atoms with Crippen LogP contribution in [0.15, 0.2) is 72.8 Å². The van der Waals surface area contributed by atoms with Gasteiger partial charge in [-0.1, -0.05) is 61.0 Å². The minimum absolute atomic E-state index is 0.0512. The fourth-order valence-electron chi connectivity index (χ4n) is 10.5. The number of aromatic hydroxyl groups is 2. The Hall–Kier alpha value is -7.11. The third-order valence-electron chi connectivity index (χ3n) is 14.5. The summed E-state index contributed by atoms with van der Waals surface area (Å²) in [5, 5.41) is 51.0. The predicted molar refractivity (Wildman–Crippen MR) is 270 cm³/mol. The maximum atomic E-state index is 14.1. The number of nitrogens with zero attached hydrogens (tertiary/aromatic N) is 1. The molecule has 9 unspecified atom stereocenters. The van der Waals surface area contributed by atoms with Crippen LogP contribution in [0, 0.1) is 5.92 Å². The molecule has 21 nitrogen and oxygen atoms in total. The lowest BCUT2D eigenvalue weighted by atomic mass is 9.72. The molecule has 2 aliphatic heterocycles. The van der Waals surface area contributed by atoms with Crippen LogP contribution >= 0.6 is 0 Å². The molecule has 0 spiro atoms. The summed E-state index contributed by atoms with van der Waals surface area (Å²) in [6, 6.07) is 17.7. The molecule has 10 N–H and O–H groups in total. The van der Waals surface area contributed by atoms with Gasteiger partial charge in [-0.2, -0.15) is 0 Å². The summed E-state index contributed by atoms with van der Waals surface area (Å²) in [4.78, 5) is 96.5. The van der Waals surface area contributed by atoms with Gasteiger partial charge >= 0.3 is 6.09 Å². The first-order valence-electron chi connectivity index (χ1n) is 25.2. The standard InChI is InChI=1S/C55H63N5O16/c1-28(57)52(68)59-36(20-30-10-5-4-6-11-30)38(62)21-32(12-7-8-19-56)53(69)58-33-17-15-31(16-18-33)26-73-54(70)60-27-74-51-29(2)75-42(22-37(51)60)76-40-24-55(71,41(63)25-61)23-35-44(40)50(67)46-45(48(35)65)47(64)34-13-9-14-39(72-3)43(34)49(46)66/h4-6,9-11,13-18,28-29,32,36-37,40,42,51,61,65,67,71H,7-8,12,19-27,56-57H2,1-3H3,(H,58,69)(H,59,68). The molecule has 0 bridgehead atoms. The van der Waals surface area contributed by atoms with Gasteiger partial charge in [0, 0.05) is 54.0 Å². The number of ketones is 4. The van der Waals surface area contributed by atoms with Gasteiger partial charge in [-0.25, -0.2) is 4.79 Å². The van der Waals surface area contributed by atoms with Crippen LogP contribution in [0.25, 0.3) is 0 Å². The van der Waals surface area contributed by atoms with Crippen LogP contribution in [0.3, 0.4) is 0 Å². The van der Waals surface area contributed by atoms with Crippen LogP contribution < -0.4 is 26.8 Å². The predicted octanol–water partition coefficient (Wildman–Crippen LogP) is 3.39. The molecule has 21 heteroatoms. The van der Waals surface area contributed by atoms with Crippen LogP contribution in [-0.2, 0) is 57.6 Å². The number of benzene rings is 4. The van der Waals surface area contributed by atoms with Crippen molar-refractivity contribution in [3.63, 3.8) is 0 Å². The van der Waals surface area contributed by atoms with Gasteiger partial charge in [0.15, 0.2) is 23.6 Å². The van der Waals surface area contributed by atoms with Crippen molar-refractivity contribution >= 4 is 46.7 Å². The number of hydrogen-bond donors (Lipinski definition) is 8. The molecular weight excluding hydrogens is 987 g/mol.